The topological polar surface area (TPSA) is 41.6 Å². The van der Waals surface area contributed by atoms with E-state index in [9.17, 15) is 4.79 Å². The number of amides is 1. The molecule has 0 spiro atoms. The maximum absolute atomic E-state index is 12.3. The molecule has 1 unspecified atom stereocenters. The lowest BCUT2D eigenvalue weighted by Crippen LogP contribution is -2.50. The van der Waals surface area contributed by atoms with E-state index in [2.05, 4.69) is 10.2 Å². The van der Waals surface area contributed by atoms with E-state index in [-0.39, 0.29) is 11.9 Å². The lowest BCUT2D eigenvalue weighted by molar-refractivity contribution is -0.121. The number of nitrogens with zero attached hydrogens (tertiary/aromatic N) is 1. The summed E-state index contributed by atoms with van der Waals surface area (Å²) in [6.45, 7) is 3.19. The van der Waals surface area contributed by atoms with Crippen molar-refractivity contribution in [3.63, 3.8) is 0 Å². The average molecular weight is 428 g/mol. The molecule has 1 N–H and O–H groups in total. The molecular weight excluding hydrogens is 407 g/mol. The minimum absolute atomic E-state index is 0.0244. The summed E-state index contributed by atoms with van der Waals surface area (Å²) in [5.74, 6) is -0.0244. The number of ether oxygens (including phenoxy) is 1. The van der Waals surface area contributed by atoms with Gasteiger partial charge in [0.05, 0.1) is 35.7 Å². The molecule has 2 aromatic carbocycles. The molecule has 1 amide bonds. The Morgan fingerprint density at radius 3 is 2.70 bits per heavy atom. The average Bonchev–Trinajstić information content (AvgIpc) is 2.66. The van der Waals surface area contributed by atoms with Gasteiger partial charge in [-0.05, 0) is 29.3 Å². The first-order valence-electron chi connectivity index (χ1n) is 8.79. The van der Waals surface area contributed by atoms with Crippen LogP contribution in [0.1, 0.15) is 11.1 Å². The molecule has 1 saturated heterocycles. The van der Waals surface area contributed by atoms with Crippen molar-refractivity contribution in [2.75, 3.05) is 26.3 Å². The second kappa shape index (κ2) is 9.76. The van der Waals surface area contributed by atoms with E-state index < -0.39 is 0 Å². The predicted octanol–water partition coefficient (Wildman–Crippen LogP) is 4.21. The first-order valence-corrected chi connectivity index (χ1v) is 9.92. The van der Waals surface area contributed by atoms with Gasteiger partial charge in [-0.3, -0.25) is 9.69 Å². The molecule has 1 heterocycles. The van der Waals surface area contributed by atoms with Crippen molar-refractivity contribution in [3.05, 3.63) is 68.7 Å². The SMILES string of the molecule is O=C(Cc1ccc(Cl)cc1)NCC1COCCN1Cc1cccc(Cl)c1Cl. The Bertz CT molecular complexity index is 783. The van der Waals surface area contributed by atoms with Crippen molar-refractivity contribution in [3.8, 4) is 0 Å². The molecule has 3 rings (SSSR count). The molecule has 1 aliphatic rings. The zero-order valence-corrected chi connectivity index (χ0v) is 17.0. The quantitative estimate of drug-likeness (QED) is 0.751. The van der Waals surface area contributed by atoms with Crippen molar-refractivity contribution < 1.29 is 9.53 Å². The molecule has 0 radical (unpaired) electrons. The van der Waals surface area contributed by atoms with Crippen LogP contribution in [0.2, 0.25) is 15.1 Å². The van der Waals surface area contributed by atoms with Crippen molar-refractivity contribution in [2.24, 2.45) is 0 Å². The Balaban J connectivity index is 1.56. The monoisotopic (exact) mass is 426 g/mol. The molecular formula is C20H21Cl3N2O2. The van der Waals surface area contributed by atoms with Crippen molar-refractivity contribution in [1.82, 2.24) is 10.2 Å². The minimum atomic E-state index is -0.0244. The Kier molecular flexibility index (Phi) is 7.39. The highest BCUT2D eigenvalue weighted by Crippen LogP contribution is 2.27. The molecule has 0 aromatic heterocycles. The zero-order valence-electron chi connectivity index (χ0n) is 14.8. The third kappa shape index (κ3) is 5.84. The van der Waals surface area contributed by atoms with Gasteiger partial charge in [0.2, 0.25) is 5.91 Å². The van der Waals surface area contributed by atoms with Crippen LogP contribution in [0.5, 0.6) is 0 Å². The number of carbonyl (C=O) groups is 1. The first kappa shape index (κ1) is 20.4. The Morgan fingerprint density at radius 1 is 1.15 bits per heavy atom. The first-order chi connectivity index (χ1) is 13.0. The van der Waals surface area contributed by atoms with E-state index in [4.69, 9.17) is 39.5 Å². The van der Waals surface area contributed by atoms with E-state index in [1.54, 1.807) is 18.2 Å². The third-order valence-corrected chi connectivity index (χ3v) is 5.68. The van der Waals surface area contributed by atoms with Crippen molar-refractivity contribution >= 4 is 40.7 Å². The van der Waals surface area contributed by atoms with Crippen LogP contribution in [0, 0.1) is 0 Å². The van der Waals surface area contributed by atoms with Gasteiger partial charge in [-0.15, -0.1) is 0 Å². The molecule has 1 aliphatic heterocycles. The molecule has 1 fully saturated rings. The predicted molar refractivity (Wildman–Crippen MR) is 110 cm³/mol. The van der Waals surface area contributed by atoms with Gasteiger partial charge in [0.25, 0.3) is 0 Å². The third-order valence-electron chi connectivity index (χ3n) is 4.57. The summed E-state index contributed by atoms with van der Waals surface area (Å²) in [6, 6.07) is 13.0. The van der Waals surface area contributed by atoms with Gasteiger partial charge in [-0.1, -0.05) is 59.1 Å². The van der Waals surface area contributed by atoms with Crippen molar-refractivity contribution in [2.45, 2.75) is 19.0 Å². The van der Waals surface area contributed by atoms with Crippen LogP contribution in [0.3, 0.4) is 0 Å². The smallest absolute Gasteiger partial charge is 0.224 e. The highest BCUT2D eigenvalue weighted by molar-refractivity contribution is 6.42. The maximum atomic E-state index is 12.3. The van der Waals surface area contributed by atoms with Gasteiger partial charge in [-0.25, -0.2) is 0 Å². The fourth-order valence-electron chi connectivity index (χ4n) is 3.06. The molecule has 4 nitrogen and oxygen atoms in total. The number of halogens is 3. The molecule has 0 aliphatic carbocycles. The highest BCUT2D eigenvalue weighted by Gasteiger charge is 2.24. The summed E-state index contributed by atoms with van der Waals surface area (Å²) in [5, 5.41) is 4.80. The maximum Gasteiger partial charge on any atom is 0.224 e. The zero-order chi connectivity index (χ0) is 19.2. The standard InChI is InChI=1S/C20H21Cl3N2O2/c21-16-6-4-14(5-7-16)10-19(26)24-11-17-13-27-9-8-25(17)12-15-2-1-3-18(22)20(15)23/h1-7,17H,8-13H2,(H,24,26). The summed E-state index contributed by atoms with van der Waals surface area (Å²) in [5.41, 5.74) is 1.91. The van der Waals surface area contributed by atoms with Gasteiger partial charge in [0.15, 0.2) is 0 Å². The van der Waals surface area contributed by atoms with Gasteiger partial charge in [0.1, 0.15) is 0 Å². The van der Waals surface area contributed by atoms with Gasteiger partial charge >= 0.3 is 0 Å². The molecule has 1 atom stereocenters. The molecule has 0 saturated carbocycles. The normalized spacial score (nSPS) is 17.7. The Hall–Kier alpha value is -1.30. The number of hydrogen-bond acceptors (Lipinski definition) is 3. The fourth-order valence-corrected chi connectivity index (χ4v) is 3.56. The van der Waals surface area contributed by atoms with Crippen LogP contribution in [0.4, 0.5) is 0 Å². The molecule has 0 bridgehead atoms. The summed E-state index contributed by atoms with van der Waals surface area (Å²) in [4.78, 5) is 14.5. The largest absolute Gasteiger partial charge is 0.378 e. The Labute approximate surface area is 174 Å². The van der Waals surface area contributed by atoms with Crippen LogP contribution in [0.15, 0.2) is 42.5 Å². The summed E-state index contributed by atoms with van der Waals surface area (Å²) in [6.07, 6.45) is 0.324. The lowest BCUT2D eigenvalue weighted by Gasteiger charge is -2.36. The molecule has 27 heavy (non-hydrogen) atoms. The van der Waals surface area contributed by atoms with Gasteiger partial charge < -0.3 is 10.1 Å². The summed E-state index contributed by atoms with van der Waals surface area (Å²) < 4.78 is 5.60. The number of benzene rings is 2. The second-order valence-electron chi connectivity index (χ2n) is 6.52. The van der Waals surface area contributed by atoms with Crippen LogP contribution in [-0.4, -0.2) is 43.2 Å². The summed E-state index contributed by atoms with van der Waals surface area (Å²) >= 11 is 18.3. The van der Waals surface area contributed by atoms with Crippen LogP contribution >= 0.6 is 34.8 Å². The van der Waals surface area contributed by atoms with E-state index in [0.29, 0.717) is 47.8 Å². The molecule has 7 heteroatoms. The number of hydrogen-bond donors (Lipinski definition) is 1. The van der Waals surface area contributed by atoms with Gasteiger partial charge in [-0.2, -0.15) is 0 Å². The summed E-state index contributed by atoms with van der Waals surface area (Å²) in [7, 11) is 0. The van der Waals surface area contributed by atoms with Crippen LogP contribution in [-0.2, 0) is 22.5 Å². The fraction of sp³-hybridized carbons (Fsp3) is 0.350. The van der Waals surface area contributed by atoms with Gasteiger partial charge in [0, 0.05) is 24.7 Å². The van der Waals surface area contributed by atoms with E-state index >= 15 is 0 Å². The Morgan fingerprint density at radius 2 is 1.93 bits per heavy atom. The number of carbonyl (C=O) groups excluding carboxylic acids is 1. The van der Waals surface area contributed by atoms with E-state index in [1.807, 2.05) is 24.3 Å². The second-order valence-corrected chi connectivity index (χ2v) is 7.74. The lowest BCUT2D eigenvalue weighted by atomic mass is 10.1. The number of morpholine rings is 1. The number of nitrogens with one attached hydrogen (secondary N) is 1. The minimum Gasteiger partial charge on any atom is -0.378 e. The van der Waals surface area contributed by atoms with Crippen molar-refractivity contribution in [1.29, 1.82) is 0 Å². The van der Waals surface area contributed by atoms with E-state index in [1.165, 1.54) is 0 Å². The molecule has 144 valence electrons. The molecule has 2 aromatic rings. The highest BCUT2D eigenvalue weighted by atomic mass is 35.5. The van der Waals surface area contributed by atoms with E-state index in [0.717, 1.165) is 17.7 Å². The van der Waals surface area contributed by atoms with Crippen LogP contribution < -0.4 is 5.32 Å². The number of rotatable bonds is 6. The van der Waals surface area contributed by atoms with Crippen LogP contribution in [0.25, 0.3) is 0 Å².